The first-order valence-electron chi connectivity index (χ1n) is 10.8. The molecule has 3 aromatic rings. The van der Waals surface area contributed by atoms with Crippen molar-refractivity contribution in [2.45, 2.75) is 31.1 Å². The maximum absolute atomic E-state index is 12.9. The van der Waals surface area contributed by atoms with E-state index in [4.69, 9.17) is 10.00 Å². The van der Waals surface area contributed by atoms with Crippen molar-refractivity contribution in [2.75, 3.05) is 25.5 Å². The Morgan fingerprint density at radius 3 is 2.68 bits per heavy atom. The van der Waals surface area contributed by atoms with Crippen molar-refractivity contribution in [3.05, 3.63) is 47.1 Å². The zero-order valence-electron chi connectivity index (χ0n) is 18.9. The number of nitrogens with one attached hydrogen (secondary N) is 2. The first kappa shape index (κ1) is 23.9. The summed E-state index contributed by atoms with van der Waals surface area (Å²) in [7, 11) is -2.09. The molecule has 0 unspecified atom stereocenters. The van der Waals surface area contributed by atoms with Crippen molar-refractivity contribution in [3.63, 3.8) is 0 Å². The fraction of sp³-hybridized carbons (Fsp3) is 0.348. The van der Waals surface area contributed by atoms with Crippen LogP contribution < -0.4 is 10.1 Å². The Kier molecular flexibility index (Phi) is 7.02. The van der Waals surface area contributed by atoms with Gasteiger partial charge < -0.3 is 15.0 Å². The summed E-state index contributed by atoms with van der Waals surface area (Å²) in [5, 5.41) is 14.2. The Balaban J connectivity index is 1.37. The van der Waals surface area contributed by atoms with E-state index < -0.39 is 10.0 Å². The molecule has 1 aromatic carbocycles. The number of aryl methyl sites for hydroxylation is 1. The number of thiazole rings is 1. The molecule has 0 atom stereocenters. The Morgan fingerprint density at radius 1 is 1.32 bits per heavy atom. The topological polar surface area (TPSA) is 128 Å². The van der Waals surface area contributed by atoms with Crippen molar-refractivity contribution in [3.8, 4) is 23.1 Å². The van der Waals surface area contributed by atoms with E-state index in [0.29, 0.717) is 29.4 Å². The Morgan fingerprint density at radius 2 is 2.03 bits per heavy atom. The highest BCUT2D eigenvalue weighted by Crippen LogP contribution is 2.30. The smallest absolute Gasteiger partial charge is 0.243 e. The van der Waals surface area contributed by atoms with Gasteiger partial charge in [-0.15, -0.1) is 11.3 Å². The number of nitriles is 1. The van der Waals surface area contributed by atoms with Gasteiger partial charge in [-0.25, -0.2) is 13.4 Å². The molecule has 1 saturated heterocycles. The lowest BCUT2D eigenvalue weighted by Gasteiger charge is -2.30. The van der Waals surface area contributed by atoms with E-state index in [1.807, 2.05) is 18.4 Å². The number of aromatic nitrogens is 2. The number of hydrogen-bond acceptors (Lipinski definition) is 7. The van der Waals surface area contributed by atoms with E-state index in [-0.39, 0.29) is 36.2 Å². The summed E-state index contributed by atoms with van der Waals surface area (Å²) >= 11 is 1.32. The van der Waals surface area contributed by atoms with Gasteiger partial charge in [0.2, 0.25) is 15.9 Å². The molecule has 2 aromatic heterocycles. The van der Waals surface area contributed by atoms with Crippen LogP contribution >= 0.6 is 11.3 Å². The molecular weight excluding hydrogens is 474 g/mol. The van der Waals surface area contributed by atoms with Crippen LogP contribution in [0.3, 0.4) is 0 Å². The van der Waals surface area contributed by atoms with E-state index in [1.165, 1.54) is 34.9 Å². The van der Waals surface area contributed by atoms with Crippen molar-refractivity contribution in [1.29, 1.82) is 5.26 Å². The van der Waals surface area contributed by atoms with E-state index >= 15 is 0 Å². The summed E-state index contributed by atoms with van der Waals surface area (Å²) in [4.78, 5) is 20.7. The van der Waals surface area contributed by atoms with E-state index in [1.54, 1.807) is 12.1 Å². The van der Waals surface area contributed by atoms with Gasteiger partial charge in [-0.05, 0) is 50.1 Å². The summed E-state index contributed by atoms with van der Waals surface area (Å²) < 4.78 is 32.4. The number of aromatic amines is 1. The first-order valence-corrected chi connectivity index (χ1v) is 13.1. The maximum atomic E-state index is 12.9. The van der Waals surface area contributed by atoms with Crippen LogP contribution in [0.5, 0.6) is 5.75 Å². The second-order valence-electron chi connectivity index (χ2n) is 8.06. The Hall–Kier alpha value is -3.20. The van der Waals surface area contributed by atoms with E-state index in [2.05, 4.69) is 21.4 Å². The fourth-order valence-electron chi connectivity index (χ4n) is 4.01. The van der Waals surface area contributed by atoms with Gasteiger partial charge in [0.1, 0.15) is 5.75 Å². The normalized spacial score (nSPS) is 15.1. The fourth-order valence-corrected chi connectivity index (χ4v) is 6.19. The molecule has 4 rings (SSSR count). The molecular formula is C23H25N5O4S2. The number of ether oxygens (including phenoxy) is 1. The molecule has 0 bridgehead atoms. The molecule has 1 aliphatic heterocycles. The average Bonchev–Trinajstić information content (AvgIpc) is 3.45. The highest BCUT2D eigenvalue weighted by atomic mass is 32.2. The van der Waals surface area contributed by atoms with Crippen LogP contribution in [0.25, 0.3) is 11.3 Å². The number of piperidine rings is 1. The predicted octanol–water partition coefficient (Wildman–Crippen LogP) is 3.56. The molecule has 2 N–H and O–H groups in total. The van der Waals surface area contributed by atoms with Crippen LogP contribution in [0.4, 0.5) is 5.13 Å². The van der Waals surface area contributed by atoms with Gasteiger partial charge in [0, 0.05) is 41.3 Å². The Bertz CT molecular complexity index is 1310. The van der Waals surface area contributed by atoms with Gasteiger partial charge in [0.25, 0.3) is 0 Å². The molecule has 0 aliphatic carbocycles. The van der Waals surface area contributed by atoms with Crippen LogP contribution in [0.1, 0.15) is 24.2 Å². The predicted molar refractivity (Wildman–Crippen MR) is 129 cm³/mol. The number of nitrogens with zero attached hydrogens (tertiary/aromatic N) is 3. The number of methoxy groups -OCH3 is 1. The molecule has 0 radical (unpaired) electrons. The number of carbonyl (C=O) groups excluding carboxylic acids is 1. The highest BCUT2D eigenvalue weighted by Gasteiger charge is 2.32. The minimum absolute atomic E-state index is 0.162. The SMILES string of the molecule is COc1ccc(S(=O)(=O)N2CCC(C(=O)Nc3nc(-c4cc(C)[nH]c4CC#N)cs3)CC2)cc1. The van der Waals surface area contributed by atoms with Gasteiger partial charge in [0.15, 0.2) is 5.13 Å². The number of amides is 1. The van der Waals surface area contributed by atoms with Gasteiger partial charge in [0.05, 0.1) is 30.2 Å². The van der Waals surface area contributed by atoms with Gasteiger partial charge >= 0.3 is 0 Å². The Labute approximate surface area is 202 Å². The minimum atomic E-state index is -3.62. The third-order valence-corrected chi connectivity index (χ3v) is 8.49. The average molecular weight is 500 g/mol. The summed E-state index contributed by atoms with van der Waals surface area (Å²) in [6.45, 7) is 2.46. The van der Waals surface area contributed by atoms with E-state index in [9.17, 15) is 13.2 Å². The summed E-state index contributed by atoms with van der Waals surface area (Å²) in [5.74, 6) is 0.135. The molecule has 178 valence electrons. The molecule has 9 nitrogen and oxygen atoms in total. The van der Waals surface area contributed by atoms with Gasteiger partial charge in [-0.2, -0.15) is 9.57 Å². The van der Waals surface area contributed by atoms with Crippen LogP contribution in [-0.2, 0) is 21.2 Å². The van der Waals surface area contributed by atoms with Crippen LogP contribution in [0.2, 0.25) is 0 Å². The zero-order chi connectivity index (χ0) is 24.3. The maximum Gasteiger partial charge on any atom is 0.243 e. The molecule has 3 heterocycles. The second kappa shape index (κ2) is 9.97. The van der Waals surface area contributed by atoms with Gasteiger partial charge in [-0.3, -0.25) is 4.79 Å². The van der Waals surface area contributed by atoms with Crippen LogP contribution in [0, 0.1) is 24.2 Å². The number of anilines is 1. The van der Waals surface area contributed by atoms with Crippen LogP contribution in [0.15, 0.2) is 40.6 Å². The number of hydrogen-bond donors (Lipinski definition) is 2. The van der Waals surface area contributed by atoms with Crippen molar-refractivity contribution in [2.24, 2.45) is 5.92 Å². The molecule has 1 fully saturated rings. The summed E-state index contributed by atoms with van der Waals surface area (Å²) in [5.41, 5.74) is 3.30. The van der Waals surface area contributed by atoms with Crippen molar-refractivity contribution in [1.82, 2.24) is 14.3 Å². The zero-order valence-corrected chi connectivity index (χ0v) is 20.5. The molecule has 0 saturated carbocycles. The van der Waals surface area contributed by atoms with Crippen molar-refractivity contribution < 1.29 is 17.9 Å². The minimum Gasteiger partial charge on any atom is -0.497 e. The lowest BCUT2D eigenvalue weighted by Crippen LogP contribution is -2.41. The molecule has 1 amide bonds. The second-order valence-corrected chi connectivity index (χ2v) is 10.9. The molecule has 34 heavy (non-hydrogen) atoms. The van der Waals surface area contributed by atoms with E-state index in [0.717, 1.165) is 17.0 Å². The largest absolute Gasteiger partial charge is 0.497 e. The third-order valence-electron chi connectivity index (χ3n) is 5.82. The number of carbonyl (C=O) groups is 1. The van der Waals surface area contributed by atoms with Crippen LogP contribution in [-0.4, -0.2) is 48.8 Å². The quantitative estimate of drug-likeness (QED) is 0.512. The number of H-pyrrole nitrogens is 1. The monoisotopic (exact) mass is 499 g/mol. The molecule has 1 aliphatic rings. The number of benzene rings is 1. The highest BCUT2D eigenvalue weighted by molar-refractivity contribution is 7.89. The number of sulfonamides is 1. The number of rotatable bonds is 7. The lowest BCUT2D eigenvalue weighted by atomic mass is 9.97. The first-order chi connectivity index (χ1) is 16.3. The lowest BCUT2D eigenvalue weighted by molar-refractivity contribution is -0.120. The molecule has 0 spiro atoms. The summed E-state index contributed by atoms with van der Waals surface area (Å²) in [6.07, 6.45) is 1.12. The van der Waals surface area contributed by atoms with Crippen molar-refractivity contribution >= 4 is 32.4 Å². The molecule has 11 heteroatoms. The standard InChI is InChI=1S/C23H25N5O4S2/c1-15-13-19(20(25-15)7-10-24)21-14-33-23(26-21)27-22(29)16-8-11-28(12-9-16)34(30,31)18-5-3-17(32-2)4-6-18/h3-6,13-14,16,25H,7-9,11-12H2,1-2H3,(H,26,27,29). The third kappa shape index (κ3) is 4.99. The summed E-state index contributed by atoms with van der Waals surface area (Å²) in [6, 6.07) is 10.4. The van der Waals surface area contributed by atoms with Gasteiger partial charge in [-0.1, -0.05) is 0 Å².